The Morgan fingerprint density at radius 2 is 1.62 bits per heavy atom. The molecule has 34 heavy (non-hydrogen) atoms. The summed E-state index contributed by atoms with van der Waals surface area (Å²) in [6.07, 6.45) is 3.17. The Labute approximate surface area is 199 Å². The Kier molecular flexibility index (Phi) is 7.01. The van der Waals surface area contributed by atoms with Gasteiger partial charge in [0.2, 0.25) is 5.91 Å². The minimum atomic E-state index is -0.400. The van der Waals surface area contributed by atoms with Gasteiger partial charge in [-0.3, -0.25) is 14.6 Å². The minimum Gasteiger partial charge on any atom is -0.342 e. The third-order valence-corrected chi connectivity index (χ3v) is 5.79. The van der Waals surface area contributed by atoms with Crippen molar-refractivity contribution in [1.82, 2.24) is 24.8 Å². The van der Waals surface area contributed by atoms with Gasteiger partial charge in [-0.1, -0.05) is 42.5 Å². The van der Waals surface area contributed by atoms with Gasteiger partial charge >= 0.3 is 0 Å². The first-order valence-electron chi connectivity index (χ1n) is 11.4. The lowest BCUT2D eigenvalue weighted by molar-refractivity contribution is -0.134. The first kappa shape index (κ1) is 23.2. The topological polar surface area (TPSA) is 80.1 Å². The normalized spacial score (nSPS) is 12.0. The summed E-state index contributed by atoms with van der Waals surface area (Å²) in [7, 11) is 0. The highest BCUT2D eigenvalue weighted by Gasteiger charge is 2.24. The molecule has 7 nitrogen and oxygen atoms in total. The highest BCUT2D eigenvalue weighted by Crippen LogP contribution is 2.22. The van der Waals surface area contributed by atoms with Crippen molar-refractivity contribution < 1.29 is 9.59 Å². The number of aromatic nitrogens is 3. The molecule has 174 valence electrons. The van der Waals surface area contributed by atoms with Crippen LogP contribution in [0.25, 0.3) is 11.0 Å². The van der Waals surface area contributed by atoms with Gasteiger partial charge in [0.1, 0.15) is 12.4 Å². The molecule has 1 N–H and O–H groups in total. The molecule has 2 aromatic heterocycles. The van der Waals surface area contributed by atoms with Crippen LogP contribution in [0.3, 0.4) is 0 Å². The summed E-state index contributed by atoms with van der Waals surface area (Å²) in [4.78, 5) is 36.8. The molecule has 7 heteroatoms. The maximum Gasteiger partial charge on any atom is 0.251 e. The molecule has 0 aliphatic carbocycles. The zero-order chi connectivity index (χ0) is 24.1. The minimum absolute atomic E-state index is 0.00378. The van der Waals surface area contributed by atoms with Crippen molar-refractivity contribution in [1.29, 1.82) is 0 Å². The van der Waals surface area contributed by atoms with Crippen LogP contribution >= 0.6 is 0 Å². The number of hydrogen-bond acceptors (Lipinski definition) is 4. The molecule has 0 saturated heterocycles. The van der Waals surface area contributed by atoms with Crippen molar-refractivity contribution in [2.24, 2.45) is 0 Å². The summed E-state index contributed by atoms with van der Waals surface area (Å²) < 4.78 is 1.91. The van der Waals surface area contributed by atoms with Crippen LogP contribution in [-0.2, 0) is 17.9 Å². The van der Waals surface area contributed by atoms with Gasteiger partial charge < -0.3 is 14.8 Å². The predicted octanol–water partition coefficient (Wildman–Crippen LogP) is 4.36. The third-order valence-electron chi connectivity index (χ3n) is 5.79. The molecule has 0 spiro atoms. The monoisotopic (exact) mass is 455 g/mol. The summed E-state index contributed by atoms with van der Waals surface area (Å²) in [6.45, 7) is 6.59. The van der Waals surface area contributed by atoms with Gasteiger partial charge in [0.05, 0.1) is 17.1 Å². The smallest absolute Gasteiger partial charge is 0.251 e. The highest BCUT2D eigenvalue weighted by atomic mass is 16.2. The predicted molar refractivity (Wildman–Crippen MR) is 132 cm³/mol. The van der Waals surface area contributed by atoms with Crippen molar-refractivity contribution in [3.05, 3.63) is 96.1 Å². The van der Waals surface area contributed by atoms with Gasteiger partial charge in [-0.25, -0.2) is 4.98 Å². The summed E-state index contributed by atoms with van der Waals surface area (Å²) in [5, 5.41) is 3.00. The molecule has 2 aromatic carbocycles. The molecular weight excluding hydrogens is 426 g/mol. The van der Waals surface area contributed by atoms with Crippen LogP contribution < -0.4 is 5.32 Å². The van der Waals surface area contributed by atoms with E-state index in [1.807, 2.05) is 84.8 Å². The number of fused-ring (bicyclic) bond motifs is 1. The lowest BCUT2D eigenvalue weighted by atomic mass is 10.2. The van der Waals surface area contributed by atoms with E-state index in [0.29, 0.717) is 17.9 Å². The van der Waals surface area contributed by atoms with Crippen molar-refractivity contribution in [2.75, 3.05) is 0 Å². The molecule has 1 unspecified atom stereocenters. The Morgan fingerprint density at radius 1 is 0.941 bits per heavy atom. The molecule has 4 rings (SSSR count). The molecule has 0 aliphatic rings. The summed E-state index contributed by atoms with van der Waals surface area (Å²) in [6, 6.07) is 20.7. The molecule has 2 heterocycles. The molecule has 0 radical (unpaired) electrons. The molecule has 1 atom stereocenters. The SMILES string of the molecule is CC(NC(=O)c1ccncc1)c1nc2ccccc2n1CC(=O)N(Cc1ccccc1)C(C)C. The maximum absolute atomic E-state index is 13.5. The third kappa shape index (κ3) is 5.14. The number of nitrogens with zero attached hydrogens (tertiary/aromatic N) is 4. The van der Waals surface area contributed by atoms with Crippen molar-refractivity contribution in [3.63, 3.8) is 0 Å². The van der Waals surface area contributed by atoms with E-state index >= 15 is 0 Å². The second-order valence-electron chi connectivity index (χ2n) is 8.58. The number of nitrogens with one attached hydrogen (secondary N) is 1. The number of pyridine rings is 1. The number of carbonyl (C=O) groups excluding carboxylic acids is 2. The van der Waals surface area contributed by atoms with Crippen LogP contribution in [0.15, 0.2) is 79.1 Å². The quantitative estimate of drug-likeness (QED) is 0.428. The first-order valence-corrected chi connectivity index (χ1v) is 11.4. The fourth-order valence-electron chi connectivity index (χ4n) is 4.00. The number of hydrogen-bond donors (Lipinski definition) is 1. The van der Waals surface area contributed by atoms with E-state index in [2.05, 4.69) is 10.3 Å². The zero-order valence-electron chi connectivity index (χ0n) is 19.7. The van der Waals surface area contributed by atoms with Crippen LogP contribution in [-0.4, -0.2) is 37.3 Å². The molecule has 2 amide bonds. The molecule has 0 aliphatic heterocycles. The first-order chi connectivity index (χ1) is 16.4. The number of rotatable bonds is 8. The largest absolute Gasteiger partial charge is 0.342 e. The van der Waals surface area contributed by atoms with Crippen LogP contribution in [0.2, 0.25) is 0 Å². The van der Waals surface area contributed by atoms with Gasteiger partial charge in [-0.15, -0.1) is 0 Å². The van der Waals surface area contributed by atoms with Gasteiger partial charge in [0.15, 0.2) is 0 Å². The summed E-state index contributed by atoms with van der Waals surface area (Å²) in [5.41, 5.74) is 3.25. The number of benzene rings is 2. The molecule has 0 saturated carbocycles. The second-order valence-corrected chi connectivity index (χ2v) is 8.58. The lowest BCUT2D eigenvalue weighted by Gasteiger charge is -2.28. The van der Waals surface area contributed by atoms with E-state index in [4.69, 9.17) is 4.98 Å². The van der Waals surface area contributed by atoms with E-state index in [1.165, 1.54) is 0 Å². The summed E-state index contributed by atoms with van der Waals surface area (Å²) in [5.74, 6) is 0.420. The highest BCUT2D eigenvalue weighted by molar-refractivity contribution is 5.94. The average Bonchev–Trinajstić information content (AvgIpc) is 3.22. The van der Waals surface area contributed by atoms with E-state index in [-0.39, 0.29) is 24.4 Å². The number of imidazole rings is 1. The van der Waals surface area contributed by atoms with Crippen molar-refractivity contribution in [3.8, 4) is 0 Å². The maximum atomic E-state index is 13.5. The second kappa shape index (κ2) is 10.3. The van der Waals surface area contributed by atoms with Gasteiger partial charge in [-0.05, 0) is 50.6 Å². The van der Waals surface area contributed by atoms with Crippen molar-refractivity contribution in [2.45, 2.75) is 45.9 Å². The Bertz CT molecular complexity index is 1270. The lowest BCUT2D eigenvalue weighted by Crippen LogP contribution is -2.39. The standard InChI is InChI=1S/C27H29N5O2/c1-19(2)31(17-21-9-5-4-6-10-21)25(33)18-32-24-12-8-7-11-23(24)30-26(32)20(3)29-27(34)22-13-15-28-16-14-22/h4-16,19-20H,17-18H2,1-3H3,(H,29,34). The zero-order valence-corrected chi connectivity index (χ0v) is 19.7. The van der Waals surface area contributed by atoms with E-state index in [0.717, 1.165) is 16.6 Å². The molecule has 0 fully saturated rings. The molecular formula is C27H29N5O2. The van der Waals surface area contributed by atoms with Crippen molar-refractivity contribution >= 4 is 22.8 Å². The number of para-hydroxylation sites is 2. The molecule has 0 bridgehead atoms. The Hall–Kier alpha value is -4.00. The number of amides is 2. The van der Waals surface area contributed by atoms with Crippen LogP contribution in [0, 0.1) is 0 Å². The number of carbonyl (C=O) groups is 2. The Balaban J connectivity index is 1.61. The fourth-order valence-corrected chi connectivity index (χ4v) is 4.00. The Morgan fingerprint density at radius 3 is 2.32 bits per heavy atom. The van der Waals surface area contributed by atoms with Crippen LogP contribution in [0.5, 0.6) is 0 Å². The van der Waals surface area contributed by atoms with Gasteiger partial charge in [0, 0.05) is 30.5 Å². The average molecular weight is 456 g/mol. The van der Waals surface area contributed by atoms with Crippen LogP contribution in [0.4, 0.5) is 0 Å². The van der Waals surface area contributed by atoms with Gasteiger partial charge in [-0.2, -0.15) is 0 Å². The van der Waals surface area contributed by atoms with E-state index < -0.39 is 6.04 Å². The summed E-state index contributed by atoms with van der Waals surface area (Å²) >= 11 is 0. The van der Waals surface area contributed by atoms with Gasteiger partial charge in [0.25, 0.3) is 5.91 Å². The van der Waals surface area contributed by atoms with E-state index in [9.17, 15) is 9.59 Å². The van der Waals surface area contributed by atoms with E-state index in [1.54, 1.807) is 24.5 Å². The fraction of sp³-hybridized carbons (Fsp3) is 0.259. The molecule has 4 aromatic rings. The van der Waals surface area contributed by atoms with Crippen LogP contribution in [0.1, 0.15) is 48.6 Å².